The first-order valence-corrected chi connectivity index (χ1v) is 22.6. The van der Waals surface area contributed by atoms with Gasteiger partial charge < -0.3 is 27.9 Å². The molecule has 1 unspecified atom stereocenters. The maximum absolute atomic E-state index is 12.6. The minimum atomic E-state index is -4.64. The Morgan fingerprint density at radius 3 is 1.51 bits per heavy atom. The molecule has 0 fully saturated rings. The highest BCUT2D eigenvalue weighted by molar-refractivity contribution is 7.45. The van der Waals surface area contributed by atoms with E-state index in [4.69, 9.17) is 18.5 Å². The zero-order valence-electron chi connectivity index (χ0n) is 35.3. The lowest BCUT2D eigenvalue weighted by atomic mass is 10.0. The van der Waals surface area contributed by atoms with Gasteiger partial charge in [-0.1, -0.05) is 157 Å². The Morgan fingerprint density at radius 1 is 0.582 bits per heavy atom. The molecule has 0 aliphatic rings. The highest BCUT2D eigenvalue weighted by Crippen LogP contribution is 2.38. The van der Waals surface area contributed by atoms with Crippen molar-refractivity contribution in [1.82, 2.24) is 0 Å². The summed E-state index contributed by atoms with van der Waals surface area (Å²) >= 11 is 0. The van der Waals surface area contributed by atoms with Crippen LogP contribution in [0.2, 0.25) is 0 Å². The second kappa shape index (κ2) is 37.1. The minimum Gasteiger partial charge on any atom is -0.756 e. The van der Waals surface area contributed by atoms with E-state index in [1.165, 1.54) is 51.4 Å². The number of hydrogen-bond acceptors (Lipinski definition) is 8. The van der Waals surface area contributed by atoms with Crippen molar-refractivity contribution in [2.24, 2.45) is 0 Å². The first-order valence-electron chi connectivity index (χ1n) is 21.1. The summed E-state index contributed by atoms with van der Waals surface area (Å²) in [5.41, 5.74) is 0. The van der Waals surface area contributed by atoms with Gasteiger partial charge in [-0.05, 0) is 51.4 Å². The molecule has 2 atom stereocenters. The van der Waals surface area contributed by atoms with Crippen LogP contribution < -0.4 is 4.89 Å². The van der Waals surface area contributed by atoms with Crippen LogP contribution in [0, 0.1) is 0 Å². The number of hydrogen-bond donors (Lipinski definition) is 0. The van der Waals surface area contributed by atoms with Crippen LogP contribution in [0.25, 0.3) is 0 Å². The predicted octanol–water partition coefficient (Wildman–Crippen LogP) is 11.2. The number of rotatable bonds is 37. The maximum atomic E-state index is 12.6. The molecule has 9 nitrogen and oxygen atoms in total. The molecule has 0 spiro atoms. The van der Waals surface area contributed by atoms with Gasteiger partial charge in [-0.25, -0.2) is 0 Å². The molecule has 0 bridgehead atoms. The number of phosphoric ester groups is 1. The zero-order chi connectivity index (χ0) is 40.7. The molecule has 0 aliphatic heterocycles. The lowest BCUT2D eigenvalue weighted by Crippen LogP contribution is -2.37. The van der Waals surface area contributed by atoms with Crippen molar-refractivity contribution in [2.75, 3.05) is 47.5 Å². The van der Waals surface area contributed by atoms with E-state index in [0.717, 1.165) is 57.8 Å². The Bertz CT molecular complexity index is 1170. The molecule has 316 valence electrons. The molecule has 0 saturated heterocycles. The average molecular weight is 792 g/mol. The van der Waals surface area contributed by atoms with Crippen LogP contribution in [0.3, 0.4) is 0 Å². The summed E-state index contributed by atoms with van der Waals surface area (Å²) in [6.07, 6.45) is 45.1. The van der Waals surface area contributed by atoms with Crippen molar-refractivity contribution >= 4 is 19.8 Å². The van der Waals surface area contributed by atoms with Gasteiger partial charge in [-0.2, -0.15) is 0 Å². The van der Waals surface area contributed by atoms with Crippen LogP contribution >= 0.6 is 7.82 Å². The SMILES string of the molecule is CC/C=C/C/C=C/C/C=C/C/C=C/C/C=C/C/C=C/CCC(=O)OC[C@@H](COP(=O)([O-])OCC[N+](C)(C)C)OC(=O)CCCCCCCCCCCCCC. The average Bonchev–Trinajstić information content (AvgIpc) is 3.13. The molecule has 10 heteroatoms. The molecule has 0 rings (SSSR count). The first kappa shape index (κ1) is 52.5. The van der Waals surface area contributed by atoms with Crippen molar-refractivity contribution in [1.29, 1.82) is 0 Å². The van der Waals surface area contributed by atoms with Crippen molar-refractivity contribution in [3.05, 3.63) is 72.9 Å². The molecular formula is C45H78NO8P. The van der Waals surface area contributed by atoms with Crippen LogP contribution in [0.1, 0.15) is 149 Å². The van der Waals surface area contributed by atoms with E-state index in [9.17, 15) is 19.0 Å². The van der Waals surface area contributed by atoms with Crippen LogP contribution in [0.15, 0.2) is 72.9 Å². The van der Waals surface area contributed by atoms with Gasteiger partial charge in [0.2, 0.25) is 0 Å². The number of carbonyl (C=O) groups excluding carboxylic acids is 2. The summed E-state index contributed by atoms with van der Waals surface area (Å²) in [6, 6.07) is 0. The Hall–Kier alpha value is -2.55. The molecule has 0 N–H and O–H groups in total. The van der Waals surface area contributed by atoms with Crippen LogP contribution in [-0.2, 0) is 32.7 Å². The van der Waals surface area contributed by atoms with E-state index in [0.29, 0.717) is 23.9 Å². The standard InChI is InChI=1S/C45H78NO8P/c1-6-8-10-12-14-16-18-20-21-22-23-24-25-26-28-29-31-33-35-37-44(47)51-41-43(42-53-55(49,50)52-40-39-46(3,4)5)54-45(48)38-36-34-32-30-27-19-17-15-13-11-9-7-2/h8,10,14,16,20-21,23-24,26,28,31,33,43H,6-7,9,11-13,15,17-19,22,25,27,29-30,32,34-42H2,1-5H3/b10-8+,16-14+,21-20+,24-23+,28-26+,33-31+/t43-/m0/s1. The van der Waals surface area contributed by atoms with Gasteiger partial charge in [-0.3, -0.25) is 14.2 Å². The third-order valence-corrected chi connectivity index (χ3v) is 9.47. The highest BCUT2D eigenvalue weighted by atomic mass is 31.2. The van der Waals surface area contributed by atoms with Crippen LogP contribution in [0.5, 0.6) is 0 Å². The van der Waals surface area contributed by atoms with Crippen LogP contribution in [0.4, 0.5) is 0 Å². The Kier molecular flexibility index (Phi) is 35.3. The number of esters is 2. The second-order valence-corrected chi connectivity index (χ2v) is 16.4. The number of likely N-dealkylation sites (N-methyl/N-ethyl adjacent to an activating group) is 1. The van der Waals surface area contributed by atoms with E-state index in [1.807, 2.05) is 33.3 Å². The summed E-state index contributed by atoms with van der Waals surface area (Å²) in [4.78, 5) is 37.4. The van der Waals surface area contributed by atoms with Gasteiger partial charge in [0.25, 0.3) is 7.82 Å². The van der Waals surface area contributed by atoms with Crippen molar-refractivity contribution in [3.8, 4) is 0 Å². The van der Waals surface area contributed by atoms with Crippen LogP contribution in [-0.4, -0.2) is 70.0 Å². The maximum Gasteiger partial charge on any atom is 0.306 e. The summed E-state index contributed by atoms with van der Waals surface area (Å²) < 4.78 is 33.7. The number of allylic oxidation sites excluding steroid dienone is 12. The van der Waals surface area contributed by atoms with Gasteiger partial charge in [0.15, 0.2) is 6.10 Å². The number of quaternary nitrogens is 1. The summed E-state index contributed by atoms with van der Waals surface area (Å²) in [5, 5.41) is 0. The number of nitrogens with zero attached hydrogens (tertiary/aromatic N) is 1. The smallest absolute Gasteiger partial charge is 0.306 e. The summed E-state index contributed by atoms with van der Waals surface area (Å²) in [6.45, 7) is 4.00. The largest absolute Gasteiger partial charge is 0.756 e. The van der Waals surface area contributed by atoms with E-state index < -0.39 is 32.5 Å². The molecular weight excluding hydrogens is 713 g/mol. The summed E-state index contributed by atoms with van der Waals surface area (Å²) in [7, 11) is 1.12. The van der Waals surface area contributed by atoms with Gasteiger partial charge in [-0.15, -0.1) is 0 Å². The van der Waals surface area contributed by atoms with Gasteiger partial charge in [0, 0.05) is 12.8 Å². The lowest BCUT2D eigenvalue weighted by molar-refractivity contribution is -0.870. The highest BCUT2D eigenvalue weighted by Gasteiger charge is 2.21. The van der Waals surface area contributed by atoms with E-state index in [2.05, 4.69) is 74.6 Å². The normalized spacial score (nSPS) is 14.4. The Balaban J connectivity index is 4.50. The van der Waals surface area contributed by atoms with Crippen molar-refractivity contribution in [2.45, 2.75) is 155 Å². The topological polar surface area (TPSA) is 111 Å². The van der Waals surface area contributed by atoms with E-state index in [1.54, 1.807) is 0 Å². The zero-order valence-corrected chi connectivity index (χ0v) is 36.2. The molecule has 0 aromatic heterocycles. The predicted molar refractivity (Wildman–Crippen MR) is 226 cm³/mol. The fraction of sp³-hybridized carbons (Fsp3) is 0.689. The Morgan fingerprint density at radius 2 is 1.04 bits per heavy atom. The quantitative estimate of drug-likeness (QED) is 0.0201. The fourth-order valence-electron chi connectivity index (χ4n) is 5.21. The molecule has 0 heterocycles. The lowest BCUT2D eigenvalue weighted by Gasteiger charge is -2.28. The number of phosphoric acid groups is 1. The monoisotopic (exact) mass is 792 g/mol. The second-order valence-electron chi connectivity index (χ2n) is 15.0. The molecule has 0 radical (unpaired) electrons. The van der Waals surface area contributed by atoms with Gasteiger partial charge in [0.05, 0.1) is 27.7 Å². The number of unbranched alkanes of at least 4 members (excludes halogenated alkanes) is 11. The minimum absolute atomic E-state index is 0.0444. The van der Waals surface area contributed by atoms with Gasteiger partial charge in [0.1, 0.15) is 19.8 Å². The van der Waals surface area contributed by atoms with Crippen molar-refractivity contribution in [3.63, 3.8) is 0 Å². The van der Waals surface area contributed by atoms with E-state index in [-0.39, 0.29) is 26.1 Å². The molecule has 0 saturated carbocycles. The van der Waals surface area contributed by atoms with Gasteiger partial charge >= 0.3 is 11.9 Å². The molecule has 0 amide bonds. The summed E-state index contributed by atoms with van der Waals surface area (Å²) in [5.74, 6) is -0.938. The third-order valence-electron chi connectivity index (χ3n) is 8.50. The number of ether oxygens (including phenoxy) is 2. The van der Waals surface area contributed by atoms with Crippen molar-refractivity contribution < 1.29 is 42.1 Å². The number of carbonyl (C=O) groups is 2. The molecule has 0 aliphatic carbocycles. The Labute approximate surface area is 336 Å². The first-order chi connectivity index (χ1) is 26.5. The third kappa shape index (κ3) is 40.9. The van der Waals surface area contributed by atoms with E-state index >= 15 is 0 Å². The molecule has 0 aromatic rings. The fourth-order valence-corrected chi connectivity index (χ4v) is 5.94. The molecule has 0 aromatic carbocycles. The molecule has 55 heavy (non-hydrogen) atoms.